The van der Waals surface area contributed by atoms with Crippen molar-refractivity contribution < 1.29 is 17.9 Å². The molecule has 2 aliphatic heterocycles. The Morgan fingerprint density at radius 3 is 2.45 bits per heavy atom. The molecule has 2 atom stereocenters. The molecule has 7 heteroatoms. The summed E-state index contributed by atoms with van der Waals surface area (Å²) < 4.78 is 40.2. The summed E-state index contributed by atoms with van der Waals surface area (Å²) in [7, 11) is 0. The monoisotopic (exact) mass is 336 g/mol. The summed E-state index contributed by atoms with van der Waals surface area (Å²) in [6.07, 6.45) is -0.996. The van der Waals surface area contributed by atoms with Crippen molar-refractivity contribution in [3.05, 3.63) is 29.8 Å². The molecule has 0 amide bonds. The number of halogens is 4. The van der Waals surface area contributed by atoms with Gasteiger partial charge in [0.25, 0.3) is 0 Å². The van der Waals surface area contributed by atoms with Crippen LogP contribution >= 0.6 is 12.4 Å². The van der Waals surface area contributed by atoms with Crippen LogP contribution < -0.4 is 10.1 Å². The minimum absolute atomic E-state index is 0. The molecular formula is C15H20ClF3N2O. The van der Waals surface area contributed by atoms with Gasteiger partial charge in [-0.15, -0.1) is 25.6 Å². The number of nitrogens with one attached hydrogen (secondary N) is 1. The van der Waals surface area contributed by atoms with Crippen LogP contribution in [-0.2, 0) is 6.54 Å². The van der Waals surface area contributed by atoms with E-state index in [4.69, 9.17) is 0 Å². The third-order valence-corrected chi connectivity index (χ3v) is 4.17. The van der Waals surface area contributed by atoms with E-state index < -0.39 is 6.36 Å². The lowest BCUT2D eigenvalue weighted by Gasteiger charge is -2.24. The minimum atomic E-state index is -4.63. The van der Waals surface area contributed by atoms with Gasteiger partial charge in [0, 0.05) is 31.7 Å². The Morgan fingerprint density at radius 1 is 1.09 bits per heavy atom. The maximum atomic E-state index is 12.1. The van der Waals surface area contributed by atoms with E-state index in [0.717, 1.165) is 31.6 Å². The first-order valence-electron chi connectivity index (χ1n) is 7.31. The molecule has 1 aromatic carbocycles. The zero-order chi connectivity index (χ0) is 14.9. The lowest BCUT2D eigenvalue weighted by molar-refractivity contribution is -0.274. The van der Waals surface area contributed by atoms with Crippen molar-refractivity contribution >= 4 is 12.4 Å². The van der Waals surface area contributed by atoms with Gasteiger partial charge >= 0.3 is 6.36 Å². The first kappa shape index (κ1) is 17.4. The molecule has 1 aromatic rings. The number of fused-ring (bicyclic) bond motifs is 2. The number of nitrogens with zero attached hydrogens (tertiary/aromatic N) is 1. The summed E-state index contributed by atoms with van der Waals surface area (Å²) in [6.45, 7) is 2.82. The topological polar surface area (TPSA) is 24.5 Å². The second kappa shape index (κ2) is 7.06. The molecule has 0 radical (unpaired) electrons. The van der Waals surface area contributed by atoms with Crippen molar-refractivity contribution in [3.8, 4) is 5.75 Å². The second-order valence-corrected chi connectivity index (χ2v) is 5.85. The Kier molecular flexibility index (Phi) is 5.58. The van der Waals surface area contributed by atoms with Crippen molar-refractivity contribution in [3.63, 3.8) is 0 Å². The number of alkyl halides is 3. The quantitative estimate of drug-likeness (QED) is 0.916. The number of benzene rings is 1. The lowest BCUT2D eigenvalue weighted by atomic mass is 10.1. The first-order valence-corrected chi connectivity index (χ1v) is 7.31. The number of hydrogen-bond acceptors (Lipinski definition) is 3. The van der Waals surface area contributed by atoms with Gasteiger partial charge in [0.2, 0.25) is 0 Å². The Balaban J connectivity index is 0.00000176. The molecule has 0 saturated carbocycles. The fourth-order valence-electron chi connectivity index (χ4n) is 3.21. The van der Waals surface area contributed by atoms with Crippen molar-refractivity contribution in [2.75, 3.05) is 13.1 Å². The molecule has 2 fully saturated rings. The molecule has 0 aliphatic carbocycles. The van der Waals surface area contributed by atoms with Crippen molar-refractivity contribution in [1.29, 1.82) is 0 Å². The lowest BCUT2D eigenvalue weighted by Crippen LogP contribution is -2.34. The van der Waals surface area contributed by atoms with Crippen LogP contribution in [0.4, 0.5) is 13.2 Å². The SMILES string of the molecule is Cl.FC(F)(F)Oc1ccc(CN2CCC3CCC(C2)N3)cc1. The molecule has 124 valence electrons. The van der Waals surface area contributed by atoms with Gasteiger partial charge in [-0.05, 0) is 37.0 Å². The van der Waals surface area contributed by atoms with Crippen molar-refractivity contribution in [2.24, 2.45) is 0 Å². The summed E-state index contributed by atoms with van der Waals surface area (Å²) in [5, 5.41) is 3.62. The molecule has 22 heavy (non-hydrogen) atoms. The van der Waals surface area contributed by atoms with Gasteiger partial charge in [0.15, 0.2) is 0 Å². The maximum absolute atomic E-state index is 12.1. The van der Waals surface area contributed by atoms with Gasteiger partial charge in [-0.3, -0.25) is 4.90 Å². The van der Waals surface area contributed by atoms with Crippen LogP contribution in [0.2, 0.25) is 0 Å². The predicted octanol–water partition coefficient (Wildman–Crippen LogP) is 3.33. The molecule has 2 aliphatic rings. The molecule has 0 spiro atoms. The summed E-state index contributed by atoms with van der Waals surface area (Å²) in [5.41, 5.74) is 1.02. The smallest absolute Gasteiger partial charge is 0.406 e. The Hall–Kier alpha value is -0.980. The van der Waals surface area contributed by atoms with Gasteiger partial charge in [0.1, 0.15) is 5.75 Å². The van der Waals surface area contributed by atoms with E-state index >= 15 is 0 Å². The number of hydrogen-bond donors (Lipinski definition) is 1. The Morgan fingerprint density at radius 2 is 1.77 bits per heavy atom. The number of likely N-dealkylation sites (tertiary alicyclic amines) is 1. The highest BCUT2D eigenvalue weighted by Crippen LogP contribution is 2.24. The highest BCUT2D eigenvalue weighted by atomic mass is 35.5. The maximum Gasteiger partial charge on any atom is 0.573 e. The van der Waals surface area contributed by atoms with E-state index in [1.165, 1.54) is 25.0 Å². The van der Waals surface area contributed by atoms with Gasteiger partial charge in [-0.2, -0.15) is 0 Å². The van der Waals surface area contributed by atoms with E-state index in [2.05, 4.69) is 15.0 Å². The first-order chi connectivity index (χ1) is 9.98. The van der Waals surface area contributed by atoms with E-state index in [0.29, 0.717) is 12.1 Å². The van der Waals surface area contributed by atoms with Gasteiger partial charge in [0.05, 0.1) is 0 Å². The Bertz CT molecular complexity index is 481. The summed E-state index contributed by atoms with van der Waals surface area (Å²) in [4.78, 5) is 2.37. The summed E-state index contributed by atoms with van der Waals surface area (Å²) >= 11 is 0. The molecular weight excluding hydrogens is 317 g/mol. The van der Waals surface area contributed by atoms with Crippen molar-refractivity contribution in [2.45, 2.75) is 44.3 Å². The normalized spacial score (nSPS) is 25.4. The molecule has 3 nitrogen and oxygen atoms in total. The molecule has 1 N–H and O–H groups in total. The van der Waals surface area contributed by atoms with Crippen LogP contribution in [0, 0.1) is 0 Å². The van der Waals surface area contributed by atoms with E-state index in [-0.39, 0.29) is 18.2 Å². The molecule has 2 unspecified atom stereocenters. The Labute approximate surface area is 134 Å². The summed E-state index contributed by atoms with van der Waals surface area (Å²) in [6, 6.07) is 7.37. The fourth-order valence-corrected chi connectivity index (χ4v) is 3.21. The van der Waals surface area contributed by atoms with Gasteiger partial charge in [-0.25, -0.2) is 0 Å². The standard InChI is InChI=1S/C15H19F3N2O.ClH/c16-15(17,18)21-14-5-1-11(2-6-14)9-20-8-7-12-3-4-13(10-20)19-12;/h1-2,5-6,12-13,19H,3-4,7-10H2;1H. The van der Waals surface area contributed by atoms with E-state index in [9.17, 15) is 13.2 Å². The van der Waals surface area contributed by atoms with Crippen molar-refractivity contribution in [1.82, 2.24) is 10.2 Å². The van der Waals surface area contributed by atoms with Crippen LogP contribution in [-0.4, -0.2) is 36.4 Å². The molecule has 2 heterocycles. The van der Waals surface area contributed by atoms with Crippen LogP contribution in [0.15, 0.2) is 24.3 Å². The zero-order valence-corrected chi connectivity index (χ0v) is 12.9. The molecule has 3 rings (SSSR count). The number of ether oxygens (including phenoxy) is 1. The highest BCUT2D eigenvalue weighted by Gasteiger charge is 2.31. The largest absolute Gasteiger partial charge is 0.573 e. The summed E-state index contributed by atoms with van der Waals surface area (Å²) in [5.74, 6) is -0.164. The fraction of sp³-hybridized carbons (Fsp3) is 0.600. The average molecular weight is 337 g/mol. The second-order valence-electron chi connectivity index (χ2n) is 5.85. The van der Waals surface area contributed by atoms with Crippen LogP contribution in [0.5, 0.6) is 5.75 Å². The van der Waals surface area contributed by atoms with E-state index in [1.807, 2.05) is 0 Å². The minimum Gasteiger partial charge on any atom is -0.406 e. The third kappa shape index (κ3) is 4.76. The van der Waals surface area contributed by atoms with Crippen LogP contribution in [0.25, 0.3) is 0 Å². The molecule has 2 bridgehead atoms. The zero-order valence-electron chi connectivity index (χ0n) is 12.1. The van der Waals surface area contributed by atoms with E-state index in [1.54, 1.807) is 12.1 Å². The molecule has 2 saturated heterocycles. The number of rotatable bonds is 3. The van der Waals surface area contributed by atoms with Gasteiger partial charge < -0.3 is 10.1 Å². The third-order valence-electron chi connectivity index (χ3n) is 4.17. The van der Waals surface area contributed by atoms with Crippen LogP contribution in [0.1, 0.15) is 24.8 Å². The van der Waals surface area contributed by atoms with Gasteiger partial charge in [-0.1, -0.05) is 12.1 Å². The highest BCUT2D eigenvalue weighted by molar-refractivity contribution is 5.85. The predicted molar refractivity (Wildman–Crippen MR) is 80.2 cm³/mol. The average Bonchev–Trinajstić information content (AvgIpc) is 2.73. The van der Waals surface area contributed by atoms with Crippen LogP contribution in [0.3, 0.4) is 0 Å². The molecule has 0 aromatic heterocycles.